The van der Waals surface area contributed by atoms with Crippen molar-refractivity contribution in [2.75, 3.05) is 11.6 Å². The Balaban J connectivity index is 2.29. The second kappa shape index (κ2) is 6.46. The third-order valence-electron chi connectivity index (χ3n) is 3.79. The highest BCUT2D eigenvalue weighted by molar-refractivity contribution is 7.91. The van der Waals surface area contributed by atoms with Crippen molar-refractivity contribution < 1.29 is 13.2 Å². The number of hydrogen-bond acceptors (Lipinski definition) is 6. The molecule has 130 valence electrons. The molecule has 1 amide bonds. The SMILES string of the molecule is CS(=O)(=O)c1cccc2c(Nc3cccc(C#N)c3)c(C(N)=O)cnc12. The van der Waals surface area contributed by atoms with Crippen LogP contribution in [0, 0.1) is 11.3 Å². The number of nitrogens with zero attached hydrogens (tertiary/aromatic N) is 2. The maximum atomic E-state index is 12.0. The van der Waals surface area contributed by atoms with Gasteiger partial charge in [-0.05, 0) is 24.3 Å². The van der Waals surface area contributed by atoms with E-state index in [4.69, 9.17) is 11.0 Å². The van der Waals surface area contributed by atoms with Crippen LogP contribution in [0.3, 0.4) is 0 Å². The number of primary amides is 1. The Morgan fingerprint density at radius 3 is 2.62 bits per heavy atom. The number of nitrogens with one attached hydrogen (secondary N) is 1. The molecule has 8 heteroatoms. The largest absolute Gasteiger partial charge is 0.365 e. The van der Waals surface area contributed by atoms with E-state index in [1.807, 2.05) is 6.07 Å². The Bertz CT molecular complexity index is 1180. The van der Waals surface area contributed by atoms with Crippen molar-refractivity contribution >= 4 is 38.0 Å². The number of hydrogen-bond donors (Lipinski definition) is 2. The topological polar surface area (TPSA) is 126 Å². The number of fused-ring (bicyclic) bond motifs is 1. The summed E-state index contributed by atoms with van der Waals surface area (Å²) in [6, 6.07) is 13.4. The molecule has 0 saturated carbocycles. The highest BCUT2D eigenvalue weighted by atomic mass is 32.2. The van der Waals surface area contributed by atoms with Crippen LogP contribution in [-0.2, 0) is 9.84 Å². The van der Waals surface area contributed by atoms with Gasteiger partial charge in [-0.1, -0.05) is 18.2 Å². The molecule has 0 aliphatic carbocycles. The fourth-order valence-electron chi connectivity index (χ4n) is 2.63. The fraction of sp³-hybridized carbons (Fsp3) is 0.0556. The summed E-state index contributed by atoms with van der Waals surface area (Å²) < 4.78 is 24.1. The van der Waals surface area contributed by atoms with Crippen LogP contribution in [0.25, 0.3) is 10.9 Å². The maximum Gasteiger partial charge on any atom is 0.252 e. The van der Waals surface area contributed by atoms with Gasteiger partial charge in [-0.3, -0.25) is 9.78 Å². The summed E-state index contributed by atoms with van der Waals surface area (Å²) >= 11 is 0. The molecule has 26 heavy (non-hydrogen) atoms. The molecule has 2 aromatic carbocycles. The molecule has 1 aromatic heterocycles. The number of aromatic nitrogens is 1. The van der Waals surface area contributed by atoms with Crippen LogP contribution in [0.4, 0.5) is 11.4 Å². The minimum Gasteiger partial charge on any atom is -0.365 e. The standard InChI is InChI=1S/C18H14N4O3S/c1-26(24,25)15-7-3-6-13-16(14(18(20)23)10-21-17(13)15)22-12-5-2-4-11(8-12)9-19/h2-8,10H,1H3,(H2,20,23)(H,21,22). The third-order valence-corrected chi connectivity index (χ3v) is 4.91. The maximum absolute atomic E-state index is 12.0. The molecular weight excluding hydrogens is 352 g/mol. The highest BCUT2D eigenvalue weighted by Gasteiger charge is 2.19. The van der Waals surface area contributed by atoms with Gasteiger partial charge in [0.1, 0.15) is 0 Å². The zero-order valence-corrected chi connectivity index (χ0v) is 14.5. The summed E-state index contributed by atoms with van der Waals surface area (Å²) in [4.78, 5) is 16.0. The van der Waals surface area contributed by atoms with E-state index < -0.39 is 15.7 Å². The first-order valence-electron chi connectivity index (χ1n) is 7.50. The molecular formula is C18H14N4O3S. The van der Waals surface area contributed by atoms with Crippen LogP contribution in [0.2, 0.25) is 0 Å². The Morgan fingerprint density at radius 1 is 1.23 bits per heavy atom. The monoisotopic (exact) mass is 366 g/mol. The van der Waals surface area contributed by atoms with Crippen LogP contribution in [0.5, 0.6) is 0 Å². The molecule has 0 aliphatic rings. The van der Waals surface area contributed by atoms with Crippen LogP contribution >= 0.6 is 0 Å². The minimum absolute atomic E-state index is 0.0554. The van der Waals surface area contributed by atoms with E-state index >= 15 is 0 Å². The van der Waals surface area contributed by atoms with Gasteiger partial charge < -0.3 is 11.1 Å². The van der Waals surface area contributed by atoms with Gasteiger partial charge in [0.15, 0.2) is 9.84 Å². The molecule has 0 aliphatic heterocycles. The van der Waals surface area contributed by atoms with Crippen molar-refractivity contribution in [1.82, 2.24) is 4.98 Å². The average molecular weight is 366 g/mol. The summed E-state index contributed by atoms with van der Waals surface area (Å²) in [5.74, 6) is -0.705. The molecule has 0 atom stereocenters. The smallest absolute Gasteiger partial charge is 0.252 e. The van der Waals surface area contributed by atoms with Crippen molar-refractivity contribution in [3.63, 3.8) is 0 Å². The first-order valence-corrected chi connectivity index (χ1v) is 9.39. The van der Waals surface area contributed by atoms with Crippen molar-refractivity contribution in [3.8, 4) is 6.07 Å². The van der Waals surface area contributed by atoms with Crippen LogP contribution in [0.1, 0.15) is 15.9 Å². The third kappa shape index (κ3) is 3.20. The highest BCUT2D eigenvalue weighted by Crippen LogP contribution is 2.32. The van der Waals surface area contributed by atoms with Crippen LogP contribution < -0.4 is 11.1 Å². The number of sulfone groups is 1. The summed E-state index contributed by atoms with van der Waals surface area (Å²) in [6.45, 7) is 0. The lowest BCUT2D eigenvalue weighted by Crippen LogP contribution is -2.14. The van der Waals surface area contributed by atoms with Gasteiger partial charge in [0, 0.05) is 23.5 Å². The predicted octanol–water partition coefficient (Wildman–Crippen LogP) is 2.35. The number of amides is 1. The van der Waals surface area contributed by atoms with E-state index in [9.17, 15) is 13.2 Å². The van der Waals surface area contributed by atoms with Crippen LogP contribution in [0.15, 0.2) is 53.6 Å². The molecule has 1 heterocycles. The molecule has 0 spiro atoms. The lowest BCUT2D eigenvalue weighted by molar-refractivity contribution is 0.100. The van der Waals surface area contributed by atoms with Gasteiger partial charge in [0.2, 0.25) is 0 Å². The molecule has 0 radical (unpaired) electrons. The minimum atomic E-state index is -3.51. The van der Waals surface area contributed by atoms with E-state index in [0.717, 1.165) is 6.26 Å². The number of pyridine rings is 1. The zero-order chi connectivity index (χ0) is 18.9. The molecule has 7 nitrogen and oxygen atoms in total. The van der Waals surface area contributed by atoms with Gasteiger partial charge in [0.25, 0.3) is 5.91 Å². The lowest BCUT2D eigenvalue weighted by Gasteiger charge is -2.14. The number of carbonyl (C=O) groups excluding carboxylic acids is 1. The molecule has 0 unspecified atom stereocenters. The Kier molecular flexibility index (Phi) is 4.32. The number of benzene rings is 2. The van der Waals surface area contributed by atoms with Crippen molar-refractivity contribution in [2.45, 2.75) is 4.90 Å². The van der Waals surface area contributed by atoms with Gasteiger partial charge in [-0.25, -0.2) is 8.42 Å². The Morgan fingerprint density at radius 2 is 1.96 bits per heavy atom. The van der Waals surface area contributed by atoms with Gasteiger partial charge in [0.05, 0.1) is 33.3 Å². The van der Waals surface area contributed by atoms with E-state index in [-0.39, 0.29) is 16.0 Å². The molecule has 0 saturated heterocycles. The molecule has 3 rings (SSSR count). The first kappa shape index (κ1) is 17.4. The second-order valence-corrected chi connectivity index (χ2v) is 7.64. The zero-order valence-electron chi connectivity index (χ0n) is 13.7. The fourth-order valence-corrected chi connectivity index (χ4v) is 3.47. The molecule has 3 aromatic rings. The molecule has 3 N–H and O–H groups in total. The number of anilines is 2. The summed E-state index contributed by atoms with van der Waals surface area (Å²) in [7, 11) is -3.51. The second-order valence-electron chi connectivity index (χ2n) is 5.65. The molecule has 0 fully saturated rings. The van der Waals surface area contributed by atoms with E-state index in [0.29, 0.717) is 22.3 Å². The summed E-state index contributed by atoms with van der Waals surface area (Å²) in [5, 5.41) is 12.5. The summed E-state index contributed by atoms with van der Waals surface area (Å²) in [6.07, 6.45) is 2.34. The predicted molar refractivity (Wildman–Crippen MR) is 97.8 cm³/mol. The van der Waals surface area contributed by atoms with Crippen molar-refractivity contribution in [2.24, 2.45) is 5.73 Å². The Labute approximate surface area is 150 Å². The van der Waals surface area contributed by atoms with E-state index in [2.05, 4.69) is 10.3 Å². The normalized spacial score (nSPS) is 11.1. The number of nitriles is 1. The lowest BCUT2D eigenvalue weighted by atomic mass is 10.1. The van der Waals surface area contributed by atoms with Gasteiger partial charge >= 0.3 is 0 Å². The van der Waals surface area contributed by atoms with E-state index in [1.54, 1.807) is 36.4 Å². The summed E-state index contributed by atoms with van der Waals surface area (Å²) in [5.41, 5.74) is 7.13. The number of carbonyl (C=O) groups is 1. The van der Waals surface area contributed by atoms with Crippen LogP contribution in [-0.4, -0.2) is 25.6 Å². The van der Waals surface area contributed by atoms with Gasteiger partial charge in [-0.15, -0.1) is 0 Å². The van der Waals surface area contributed by atoms with E-state index in [1.165, 1.54) is 12.3 Å². The number of rotatable bonds is 4. The van der Waals surface area contributed by atoms with Crippen molar-refractivity contribution in [1.29, 1.82) is 5.26 Å². The van der Waals surface area contributed by atoms with Gasteiger partial charge in [-0.2, -0.15) is 5.26 Å². The number of nitrogens with two attached hydrogens (primary N) is 1. The average Bonchev–Trinajstić information content (AvgIpc) is 2.60. The Hall–Kier alpha value is -3.44. The van der Waals surface area contributed by atoms with Crippen molar-refractivity contribution in [3.05, 3.63) is 59.8 Å². The quantitative estimate of drug-likeness (QED) is 0.730. The first-order chi connectivity index (χ1) is 12.3. The molecule has 0 bridgehead atoms. The number of para-hydroxylation sites is 1.